The van der Waals surface area contributed by atoms with E-state index in [4.69, 9.17) is 4.74 Å². The number of benzene rings is 2. The fourth-order valence-electron chi connectivity index (χ4n) is 3.58. The zero-order valence-corrected chi connectivity index (χ0v) is 23.1. The van der Waals surface area contributed by atoms with Crippen molar-refractivity contribution < 1.29 is 13.5 Å². The molecule has 3 rings (SSSR count). The van der Waals surface area contributed by atoms with Crippen LogP contribution in [0.15, 0.2) is 66.5 Å². The fourth-order valence-corrected chi connectivity index (χ4v) is 3.58. The Hall–Kier alpha value is -3.49. The number of nitrogens with two attached hydrogens (primary N) is 1. The lowest BCUT2D eigenvalue weighted by atomic mass is 9.96. The minimum Gasteiger partial charge on any atom is -0.371 e. The van der Waals surface area contributed by atoms with Gasteiger partial charge in [0, 0.05) is 32.1 Å². The van der Waals surface area contributed by atoms with Gasteiger partial charge in [0.25, 0.3) is 0 Å². The summed E-state index contributed by atoms with van der Waals surface area (Å²) in [6.45, 7) is 15.0. The summed E-state index contributed by atoms with van der Waals surface area (Å²) in [7, 11) is 1.91. The molecule has 0 spiro atoms. The van der Waals surface area contributed by atoms with E-state index in [2.05, 4.69) is 52.5 Å². The highest BCUT2D eigenvalue weighted by molar-refractivity contribution is 5.53. The Morgan fingerprint density at radius 2 is 1.74 bits per heavy atom. The van der Waals surface area contributed by atoms with Crippen molar-refractivity contribution in [1.82, 2.24) is 15.3 Å². The molecule has 0 saturated carbocycles. The molecular formula is C30H41F2N5O. The number of halogens is 2. The number of alkyl halides is 1. The van der Waals surface area contributed by atoms with Gasteiger partial charge in [-0.2, -0.15) is 5.10 Å². The van der Waals surface area contributed by atoms with Gasteiger partial charge in [0.15, 0.2) is 0 Å². The number of hydrazone groups is 1. The van der Waals surface area contributed by atoms with Gasteiger partial charge < -0.3 is 15.9 Å². The van der Waals surface area contributed by atoms with Crippen molar-refractivity contribution in [3.63, 3.8) is 0 Å². The molecule has 2 aromatic carbocycles. The predicted octanol–water partition coefficient (Wildman–Crippen LogP) is 6.32. The molecular weight excluding hydrogens is 484 g/mol. The van der Waals surface area contributed by atoms with E-state index >= 15 is 0 Å². The molecule has 0 fully saturated rings. The largest absolute Gasteiger partial charge is 0.371 e. The molecule has 0 radical (unpaired) electrons. The van der Waals surface area contributed by atoms with Crippen LogP contribution in [0.5, 0.6) is 0 Å². The third-order valence-corrected chi connectivity index (χ3v) is 5.66. The second-order valence-electron chi connectivity index (χ2n) is 8.91. The van der Waals surface area contributed by atoms with Crippen molar-refractivity contribution in [1.29, 1.82) is 0 Å². The predicted molar refractivity (Wildman–Crippen MR) is 153 cm³/mol. The van der Waals surface area contributed by atoms with Crippen LogP contribution in [0.2, 0.25) is 0 Å². The molecule has 0 aliphatic heterocycles. The van der Waals surface area contributed by atoms with Gasteiger partial charge in [0.2, 0.25) is 0 Å². The van der Waals surface area contributed by atoms with Crippen LogP contribution < -0.4 is 11.2 Å². The number of hydrogen-bond donors (Lipinski definition) is 2. The van der Waals surface area contributed by atoms with Gasteiger partial charge in [0.1, 0.15) is 17.8 Å². The minimum atomic E-state index is -0.935. The van der Waals surface area contributed by atoms with Gasteiger partial charge in [0.05, 0.1) is 12.7 Å². The molecule has 3 atom stereocenters. The van der Waals surface area contributed by atoms with Crippen molar-refractivity contribution in [3.05, 3.63) is 101 Å². The van der Waals surface area contributed by atoms with Gasteiger partial charge in [-0.25, -0.2) is 18.7 Å². The van der Waals surface area contributed by atoms with Gasteiger partial charge in [-0.05, 0) is 79.8 Å². The quantitative estimate of drug-likeness (QED) is 0.184. The summed E-state index contributed by atoms with van der Waals surface area (Å²) in [6.07, 6.45) is 5.04. The van der Waals surface area contributed by atoms with Gasteiger partial charge >= 0.3 is 0 Å². The Labute approximate surface area is 226 Å². The van der Waals surface area contributed by atoms with Crippen LogP contribution in [0.3, 0.4) is 0 Å². The van der Waals surface area contributed by atoms with Crippen LogP contribution in [0.4, 0.5) is 8.78 Å². The smallest absolute Gasteiger partial charge is 0.128 e. The molecule has 1 aromatic heterocycles. The molecule has 0 saturated heterocycles. The summed E-state index contributed by atoms with van der Waals surface area (Å²) in [5.41, 5.74) is 5.14. The lowest BCUT2D eigenvalue weighted by molar-refractivity contribution is 0.0326. The molecule has 0 aliphatic carbocycles. The second kappa shape index (κ2) is 17.9. The lowest BCUT2D eigenvalue weighted by Crippen LogP contribution is -2.10. The maximum Gasteiger partial charge on any atom is 0.128 e. The zero-order chi connectivity index (χ0) is 28.5. The first-order valence-electron chi connectivity index (χ1n) is 12.5. The first-order valence-corrected chi connectivity index (χ1v) is 12.5. The van der Waals surface area contributed by atoms with Crippen LogP contribution in [-0.2, 0) is 17.7 Å². The van der Waals surface area contributed by atoms with Crippen LogP contribution in [0.25, 0.3) is 6.08 Å². The molecule has 0 amide bonds. The Balaban J connectivity index is 0.000000345. The minimum absolute atomic E-state index is 0.106. The molecule has 0 aliphatic rings. The fraction of sp³-hybridized carbons (Fsp3) is 0.367. The first-order chi connectivity index (χ1) is 18.2. The third-order valence-electron chi connectivity index (χ3n) is 5.66. The molecule has 38 heavy (non-hydrogen) atoms. The molecule has 6 nitrogen and oxygen atoms in total. The van der Waals surface area contributed by atoms with Crippen LogP contribution in [0.1, 0.15) is 66.4 Å². The Morgan fingerprint density at radius 1 is 1.11 bits per heavy atom. The maximum absolute atomic E-state index is 13.2. The number of ether oxygens (including phenoxy) is 1. The van der Waals surface area contributed by atoms with E-state index in [-0.39, 0.29) is 24.4 Å². The van der Waals surface area contributed by atoms with Crippen molar-refractivity contribution in [2.24, 2.45) is 10.9 Å². The Kier molecular flexibility index (Phi) is 15.3. The normalized spacial score (nSPS) is 12.6. The molecule has 3 aromatic rings. The first kappa shape index (κ1) is 32.5. The molecule has 1 heterocycles. The summed E-state index contributed by atoms with van der Waals surface area (Å²) >= 11 is 0. The Morgan fingerprint density at radius 3 is 2.29 bits per heavy atom. The Bertz CT molecular complexity index is 1110. The van der Waals surface area contributed by atoms with E-state index in [0.29, 0.717) is 5.56 Å². The second-order valence-corrected chi connectivity index (χ2v) is 8.91. The van der Waals surface area contributed by atoms with E-state index < -0.39 is 6.17 Å². The van der Waals surface area contributed by atoms with Crippen molar-refractivity contribution in [2.45, 2.75) is 58.9 Å². The highest BCUT2D eigenvalue weighted by Gasteiger charge is 2.11. The van der Waals surface area contributed by atoms with E-state index in [1.807, 2.05) is 44.3 Å². The van der Waals surface area contributed by atoms with Crippen molar-refractivity contribution in [2.75, 3.05) is 13.7 Å². The van der Waals surface area contributed by atoms with Crippen molar-refractivity contribution in [3.8, 4) is 0 Å². The van der Waals surface area contributed by atoms with Gasteiger partial charge in [-0.15, -0.1) is 0 Å². The number of nitrogens with zero attached hydrogens (tertiary/aromatic N) is 3. The average Bonchev–Trinajstić information content (AvgIpc) is 2.90. The molecule has 0 bridgehead atoms. The third kappa shape index (κ3) is 11.7. The average molecular weight is 526 g/mol. The number of hydrogen-bond acceptors (Lipinski definition) is 6. The highest BCUT2D eigenvalue weighted by Crippen LogP contribution is 2.22. The lowest BCUT2D eigenvalue weighted by Gasteiger charge is -2.16. The summed E-state index contributed by atoms with van der Waals surface area (Å²) in [6, 6.07) is 13.2. The number of rotatable bonds is 10. The van der Waals surface area contributed by atoms with Crippen LogP contribution >= 0.6 is 0 Å². The maximum atomic E-state index is 13.2. The number of aromatic nitrogens is 2. The van der Waals surface area contributed by atoms with E-state index in [0.717, 1.165) is 35.5 Å². The SMILES string of the molecule is C=Cc1cc(C(C)OCC(C)F)ccc1CNC.C=NN.Cc1cc(C(C)Cc2ncccn2)ccc1F. The van der Waals surface area contributed by atoms with E-state index in [9.17, 15) is 8.78 Å². The molecule has 206 valence electrons. The summed E-state index contributed by atoms with van der Waals surface area (Å²) in [5.74, 6) is 5.32. The number of nitrogens with one attached hydrogen (secondary N) is 1. The molecule has 3 N–H and O–H groups in total. The molecule has 3 unspecified atom stereocenters. The van der Waals surface area contributed by atoms with Crippen molar-refractivity contribution >= 4 is 12.8 Å². The van der Waals surface area contributed by atoms with Crippen LogP contribution in [0, 0.1) is 12.7 Å². The monoisotopic (exact) mass is 525 g/mol. The topological polar surface area (TPSA) is 85.4 Å². The number of aryl methyl sites for hydroxylation is 1. The summed E-state index contributed by atoms with van der Waals surface area (Å²) in [5, 5.41) is 5.87. The molecule has 8 heteroatoms. The highest BCUT2D eigenvalue weighted by atomic mass is 19.1. The van der Waals surface area contributed by atoms with Crippen LogP contribution in [-0.4, -0.2) is 36.5 Å². The van der Waals surface area contributed by atoms with E-state index in [1.54, 1.807) is 25.4 Å². The van der Waals surface area contributed by atoms with Gasteiger partial charge in [-0.3, -0.25) is 0 Å². The zero-order valence-electron chi connectivity index (χ0n) is 23.1. The summed E-state index contributed by atoms with van der Waals surface area (Å²) < 4.78 is 31.4. The summed E-state index contributed by atoms with van der Waals surface area (Å²) in [4.78, 5) is 8.40. The van der Waals surface area contributed by atoms with E-state index in [1.165, 1.54) is 18.6 Å². The van der Waals surface area contributed by atoms with Gasteiger partial charge in [-0.1, -0.05) is 43.8 Å². The standard InChI is InChI=1S/C15H22FNO.C14H15FN2.CH4N2/c1-5-13-8-14(6-7-15(13)9-17-4)12(3)18-10-11(2)16;1-10(9-14-16-6-3-7-17-14)12-4-5-13(15)11(2)8-12;1-3-2/h5-8,11-12,17H,1,9-10H2,2-4H3;3-8,10H,9H2,1-2H3;1-2H2.